The Hall–Kier alpha value is -2.29. The minimum Gasteiger partial charge on any atom is -0.344 e. The SMILES string of the molecule is CC(=O)NC(C(=O)Nc1ccc(Cl)c(S(=O)(=O)Nc2ccccc2Cl)c1)C(C)C. The zero-order chi connectivity index (χ0) is 21.8. The molecule has 10 heteroatoms. The van der Waals surface area contributed by atoms with E-state index in [1.165, 1.54) is 31.2 Å². The van der Waals surface area contributed by atoms with Gasteiger partial charge >= 0.3 is 0 Å². The first-order valence-corrected chi connectivity index (χ1v) is 10.9. The molecule has 0 aliphatic carbocycles. The summed E-state index contributed by atoms with van der Waals surface area (Å²) in [6.07, 6.45) is 0. The fraction of sp³-hybridized carbons (Fsp3) is 0.263. The smallest absolute Gasteiger partial charge is 0.263 e. The summed E-state index contributed by atoms with van der Waals surface area (Å²) in [5.74, 6) is -0.988. The van der Waals surface area contributed by atoms with Crippen LogP contribution in [-0.4, -0.2) is 26.3 Å². The third-order valence-electron chi connectivity index (χ3n) is 3.91. The molecule has 156 valence electrons. The molecular weight excluding hydrogens is 437 g/mol. The second-order valence-corrected chi connectivity index (χ2v) is 9.11. The minimum absolute atomic E-state index is 0.0233. The highest BCUT2D eigenvalue weighted by molar-refractivity contribution is 7.92. The molecule has 1 atom stereocenters. The van der Waals surface area contributed by atoms with E-state index in [0.29, 0.717) is 0 Å². The van der Waals surface area contributed by atoms with Crippen molar-refractivity contribution in [3.63, 3.8) is 0 Å². The molecule has 7 nitrogen and oxygen atoms in total. The van der Waals surface area contributed by atoms with Crippen molar-refractivity contribution in [1.29, 1.82) is 0 Å². The number of rotatable bonds is 7. The highest BCUT2D eigenvalue weighted by atomic mass is 35.5. The summed E-state index contributed by atoms with van der Waals surface area (Å²) in [6, 6.07) is 9.67. The first kappa shape index (κ1) is 23.0. The molecule has 3 N–H and O–H groups in total. The van der Waals surface area contributed by atoms with Crippen molar-refractivity contribution >= 4 is 56.4 Å². The van der Waals surface area contributed by atoms with Gasteiger partial charge < -0.3 is 10.6 Å². The average Bonchev–Trinajstić information content (AvgIpc) is 2.62. The molecule has 2 aromatic carbocycles. The second-order valence-electron chi connectivity index (χ2n) is 6.64. The maximum absolute atomic E-state index is 12.8. The molecule has 2 amide bonds. The van der Waals surface area contributed by atoms with Crippen LogP contribution in [-0.2, 0) is 19.6 Å². The molecule has 0 fully saturated rings. The molecule has 2 aromatic rings. The summed E-state index contributed by atoms with van der Waals surface area (Å²) in [7, 11) is -4.07. The molecule has 1 unspecified atom stereocenters. The molecule has 0 spiro atoms. The van der Waals surface area contributed by atoms with Gasteiger partial charge in [0.1, 0.15) is 10.9 Å². The predicted octanol–water partition coefficient (Wildman–Crippen LogP) is 3.89. The van der Waals surface area contributed by atoms with E-state index in [1.54, 1.807) is 32.0 Å². The molecule has 0 heterocycles. The Labute approximate surface area is 179 Å². The molecular formula is C19H21Cl2N3O4S. The maximum atomic E-state index is 12.8. The van der Waals surface area contributed by atoms with Gasteiger partial charge in [0.2, 0.25) is 11.8 Å². The number of sulfonamides is 1. The summed E-state index contributed by atoms with van der Waals surface area (Å²) in [5, 5.41) is 5.39. The highest BCUT2D eigenvalue weighted by Crippen LogP contribution is 2.29. The lowest BCUT2D eigenvalue weighted by Crippen LogP contribution is -2.46. The van der Waals surface area contributed by atoms with E-state index in [2.05, 4.69) is 15.4 Å². The van der Waals surface area contributed by atoms with Crippen LogP contribution in [0.2, 0.25) is 10.0 Å². The van der Waals surface area contributed by atoms with Crippen LogP contribution in [0.5, 0.6) is 0 Å². The standard InChI is InChI=1S/C19H21Cl2N3O4S/c1-11(2)18(22-12(3)25)19(26)23-13-8-9-15(21)17(10-13)29(27,28)24-16-7-5-4-6-14(16)20/h4-11,18,24H,1-3H3,(H,22,25)(H,23,26). The van der Waals surface area contributed by atoms with Gasteiger partial charge in [-0.05, 0) is 36.2 Å². The topological polar surface area (TPSA) is 104 Å². The van der Waals surface area contributed by atoms with Crippen LogP contribution in [0.4, 0.5) is 11.4 Å². The van der Waals surface area contributed by atoms with Gasteiger partial charge in [-0.2, -0.15) is 0 Å². The molecule has 0 saturated carbocycles. The zero-order valence-electron chi connectivity index (χ0n) is 16.0. The van der Waals surface area contributed by atoms with Crippen LogP contribution < -0.4 is 15.4 Å². The lowest BCUT2D eigenvalue weighted by molar-refractivity contribution is -0.126. The third-order valence-corrected chi connectivity index (χ3v) is 6.09. The van der Waals surface area contributed by atoms with Gasteiger partial charge in [0, 0.05) is 12.6 Å². The quantitative estimate of drug-likeness (QED) is 0.586. The maximum Gasteiger partial charge on any atom is 0.263 e. The number of anilines is 2. The largest absolute Gasteiger partial charge is 0.344 e. The summed E-state index contributed by atoms with van der Waals surface area (Å²) < 4.78 is 27.9. The van der Waals surface area contributed by atoms with Gasteiger partial charge in [0.05, 0.1) is 15.7 Å². The van der Waals surface area contributed by atoms with Crippen molar-refractivity contribution in [3.8, 4) is 0 Å². The molecule has 0 radical (unpaired) electrons. The van der Waals surface area contributed by atoms with Crippen LogP contribution in [0, 0.1) is 5.92 Å². The minimum atomic E-state index is -4.07. The molecule has 0 aliphatic heterocycles. The summed E-state index contributed by atoms with van der Waals surface area (Å²) in [4.78, 5) is 23.6. The Morgan fingerprint density at radius 1 is 1.00 bits per heavy atom. The second kappa shape index (κ2) is 9.47. The summed E-state index contributed by atoms with van der Waals surface area (Å²) in [6.45, 7) is 4.88. The van der Waals surface area contributed by atoms with Gasteiger partial charge in [-0.25, -0.2) is 8.42 Å². The lowest BCUT2D eigenvalue weighted by Gasteiger charge is -2.21. The fourth-order valence-electron chi connectivity index (χ4n) is 2.50. The Balaban J connectivity index is 2.30. The van der Waals surface area contributed by atoms with E-state index in [9.17, 15) is 18.0 Å². The lowest BCUT2D eigenvalue weighted by atomic mass is 10.0. The van der Waals surface area contributed by atoms with Crippen molar-refractivity contribution in [1.82, 2.24) is 5.32 Å². The summed E-state index contributed by atoms with van der Waals surface area (Å²) in [5.41, 5.74) is 0.417. The Morgan fingerprint density at radius 2 is 1.66 bits per heavy atom. The number of para-hydroxylation sites is 1. The highest BCUT2D eigenvalue weighted by Gasteiger charge is 2.24. The van der Waals surface area contributed by atoms with Gasteiger partial charge in [0.15, 0.2) is 0 Å². The van der Waals surface area contributed by atoms with Crippen LogP contribution >= 0.6 is 23.2 Å². The number of hydrogen-bond donors (Lipinski definition) is 3. The van der Waals surface area contributed by atoms with Crippen molar-refractivity contribution in [2.75, 3.05) is 10.0 Å². The van der Waals surface area contributed by atoms with Crippen LogP contribution in [0.3, 0.4) is 0 Å². The van der Waals surface area contributed by atoms with Gasteiger partial charge in [-0.3, -0.25) is 14.3 Å². The van der Waals surface area contributed by atoms with Gasteiger partial charge in [0.25, 0.3) is 10.0 Å². The number of nitrogens with one attached hydrogen (secondary N) is 3. The van der Waals surface area contributed by atoms with Crippen LogP contribution in [0.1, 0.15) is 20.8 Å². The van der Waals surface area contributed by atoms with E-state index in [-0.39, 0.29) is 38.1 Å². The Bertz CT molecular complexity index is 1030. The first-order valence-electron chi connectivity index (χ1n) is 8.66. The number of hydrogen-bond acceptors (Lipinski definition) is 4. The average molecular weight is 458 g/mol. The number of benzene rings is 2. The zero-order valence-corrected chi connectivity index (χ0v) is 18.3. The Morgan fingerprint density at radius 3 is 2.24 bits per heavy atom. The summed E-state index contributed by atoms with van der Waals surface area (Å²) >= 11 is 12.1. The normalized spacial score (nSPS) is 12.3. The number of amides is 2. The van der Waals surface area contributed by atoms with Crippen LogP contribution in [0.15, 0.2) is 47.4 Å². The van der Waals surface area contributed by atoms with Crippen molar-refractivity contribution in [2.24, 2.45) is 5.92 Å². The fourth-order valence-corrected chi connectivity index (χ4v) is 4.35. The monoisotopic (exact) mass is 457 g/mol. The molecule has 0 aromatic heterocycles. The predicted molar refractivity (Wildman–Crippen MR) is 115 cm³/mol. The van der Waals surface area contributed by atoms with Crippen molar-refractivity contribution in [2.45, 2.75) is 31.7 Å². The van der Waals surface area contributed by atoms with E-state index >= 15 is 0 Å². The van der Waals surface area contributed by atoms with E-state index in [1.807, 2.05) is 0 Å². The van der Waals surface area contributed by atoms with Crippen molar-refractivity contribution < 1.29 is 18.0 Å². The van der Waals surface area contributed by atoms with E-state index in [0.717, 1.165) is 0 Å². The number of halogens is 2. The third kappa shape index (κ3) is 6.09. The molecule has 0 saturated heterocycles. The number of carbonyl (C=O) groups is 2. The number of carbonyl (C=O) groups excluding carboxylic acids is 2. The first-order chi connectivity index (χ1) is 13.5. The van der Waals surface area contributed by atoms with E-state index in [4.69, 9.17) is 23.2 Å². The molecule has 29 heavy (non-hydrogen) atoms. The Kier molecular flexibility index (Phi) is 7.51. The van der Waals surface area contributed by atoms with Gasteiger partial charge in [-0.1, -0.05) is 49.2 Å². The van der Waals surface area contributed by atoms with Crippen molar-refractivity contribution in [3.05, 3.63) is 52.5 Å². The molecule has 2 rings (SSSR count). The van der Waals surface area contributed by atoms with Crippen LogP contribution in [0.25, 0.3) is 0 Å². The van der Waals surface area contributed by atoms with E-state index < -0.39 is 22.0 Å². The van der Waals surface area contributed by atoms with Gasteiger partial charge in [-0.15, -0.1) is 0 Å². The molecule has 0 bridgehead atoms. The molecule has 0 aliphatic rings.